The molecule has 0 saturated carbocycles. The molecule has 4 aromatic rings. The predicted octanol–water partition coefficient (Wildman–Crippen LogP) is 4.85. The number of hydrogen-bond donors (Lipinski definition) is 1. The molecule has 1 amide bonds. The quantitative estimate of drug-likeness (QED) is 0.519. The van der Waals surface area contributed by atoms with Gasteiger partial charge in [-0.25, -0.2) is 4.98 Å². The van der Waals surface area contributed by atoms with Gasteiger partial charge >= 0.3 is 0 Å². The van der Waals surface area contributed by atoms with Gasteiger partial charge in [0.1, 0.15) is 5.01 Å². The fourth-order valence-corrected chi connectivity index (χ4v) is 4.20. The SMILES string of the molecule is Cc1cccc(-n2c(C)cc(C(=O)NCc3nc(-c4ccncc4)cs3)c2C)c1. The van der Waals surface area contributed by atoms with Crippen LogP contribution in [0, 0.1) is 20.8 Å². The van der Waals surface area contributed by atoms with Crippen LogP contribution >= 0.6 is 11.3 Å². The van der Waals surface area contributed by atoms with Crippen LogP contribution in [0.15, 0.2) is 60.2 Å². The van der Waals surface area contributed by atoms with Crippen LogP contribution in [0.4, 0.5) is 0 Å². The van der Waals surface area contributed by atoms with Crippen LogP contribution < -0.4 is 5.32 Å². The number of rotatable bonds is 5. The third kappa shape index (κ3) is 3.98. The van der Waals surface area contributed by atoms with Gasteiger partial charge in [0, 0.05) is 40.4 Å². The summed E-state index contributed by atoms with van der Waals surface area (Å²) in [5.74, 6) is -0.0855. The van der Waals surface area contributed by atoms with Crippen molar-refractivity contribution in [2.45, 2.75) is 27.3 Å². The maximum absolute atomic E-state index is 12.8. The summed E-state index contributed by atoms with van der Waals surface area (Å²) in [4.78, 5) is 21.5. The standard InChI is InChI=1S/C23H22N4OS/c1-15-5-4-6-19(11-15)27-16(2)12-20(17(27)3)23(28)25-13-22-26-21(14-29-22)18-7-9-24-10-8-18/h4-12,14H,13H2,1-3H3,(H,25,28). The number of pyridine rings is 1. The first-order chi connectivity index (χ1) is 14.0. The van der Waals surface area contributed by atoms with Crippen LogP contribution in [0.25, 0.3) is 16.9 Å². The fraction of sp³-hybridized carbons (Fsp3) is 0.174. The number of thiazole rings is 1. The predicted molar refractivity (Wildman–Crippen MR) is 116 cm³/mol. The van der Waals surface area contributed by atoms with Gasteiger partial charge in [-0.05, 0) is 56.7 Å². The summed E-state index contributed by atoms with van der Waals surface area (Å²) in [6.07, 6.45) is 3.50. The summed E-state index contributed by atoms with van der Waals surface area (Å²) >= 11 is 1.54. The minimum absolute atomic E-state index is 0.0855. The number of benzene rings is 1. The van der Waals surface area contributed by atoms with Crippen LogP contribution in [0.5, 0.6) is 0 Å². The molecular weight excluding hydrogens is 380 g/mol. The number of nitrogens with zero attached hydrogens (tertiary/aromatic N) is 3. The van der Waals surface area contributed by atoms with Gasteiger partial charge in [0.2, 0.25) is 0 Å². The highest BCUT2D eigenvalue weighted by Gasteiger charge is 2.17. The lowest BCUT2D eigenvalue weighted by Gasteiger charge is -2.10. The highest BCUT2D eigenvalue weighted by molar-refractivity contribution is 7.09. The highest BCUT2D eigenvalue weighted by atomic mass is 32.1. The van der Waals surface area contributed by atoms with Crippen molar-refractivity contribution in [3.63, 3.8) is 0 Å². The number of nitrogens with one attached hydrogen (secondary N) is 1. The minimum Gasteiger partial charge on any atom is -0.345 e. The maximum atomic E-state index is 12.8. The third-order valence-electron chi connectivity index (χ3n) is 4.86. The monoisotopic (exact) mass is 402 g/mol. The van der Waals surface area contributed by atoms with Gasteiger partial charge in [0.25, 0.3) is 5.91 Å². The largest absolute Gasteiger partial charge is 0.345 e. The molecule has 1 N–H and O–H groups in total. The Morgan fingerprint density at radius 2 is 1.90 bits per heavy atom. The van der Waals surface area contributed by atoms with E-state index in [0.29, 0.717) is 12.1 Å². The molecule has 0 radical (unpaired) electrons. The first-order valence-electron chi connectivity index (χ1n) is 9.42. The van der Waals surface area contributed by atoms with E-state index < -0.39 is 0 Å². The molecule has 3 heterocycles. The Bertz CT molecular complexity index is 1160. The van der Waals surface area contributed by atoms with E-state index >= 15 is 0 Å². The number of carbonyl (C=O) groups is 1. The Balaban J connectivity index is 1.50. The second kappa shape index (κ2) is 8.01. The van der Waals surface area contributed by atoms with E-state index in [1.807, 2.05) is 43.5 Å². The molecule has 1 aromatic carbocycles. The number of carbonyl (C=O) groups excluding carboxylic acids is 1. The maximum Gasteiger partial charge on any atom is 0.253 e. The molecule has 0 aliphatic rings. The number of hydrogen-bond acceptors (Lipinski definition) is 4. The van der Waals surface area contributed by atoms with Gasteiger partial charge < -0.3 is 9.88 Å². The minimum atomic E-state index is -0.0855. The van der Waals surface area contributed by atoms with Crippen molar-refractivity contribution in [1.82, 2.24) is 19.9 Å². The molecule has 4 rings (SSSR count). The highest BCUT2D eigenvalue weighted by Crippen LogP contribution is 2.23. The molecule has 3 aromatic heterocycles. The van der Waals surface area contributed by atoms with Crippen molar-refractivity contribution in [3.8, 4) is 16.9 Å². The zero-order valence-corrected chi connectivity index (χ0v) is 17.5. The molecule has 0 aliphatic carbocycles. The summed E-state index contributed by atoms with van der Waals surface area (Å²) in [6.45, 7) is 6.48. The van der Waals surface area contributed by atoms with Crippen molar-refractivity contribution in [2.24, 2.45) is 0 Å². The number of aryl methyl sites for hydroxylation is 2. The molecule has 0 aliphatic heterocycles. The molecule has 0 unspecified atom stereocenters. The summed E-state index contributed by atoms with van der Waals surface area (Å²) in [6, 6.07) is 14.1. The van der Waals surface area contributed by atoms with Crippen molar-refractivity contribution < 1.29 is 4.79 Å². The van der Waals surface area contributed by atoms with E-state index in [-0.39, 0.29) is 5.91 Å². The van der Waals surface area contributed by atoms with Crippen molar-refractivity contribution >= 4 is 17.2 Å². The van der Waals surface area contributed by atoms with E-state index in [9.17, 15) is 4.79 Å². The molecule has 146 valence electrons. The summed E-state index contributed by atoms with van der Waals surface area (Å²) in [7, 11) is 0. The van der Waals surface area contributed by atoms with E-state index in [2.05, 4.69) is 45.0 Å². The molecule has 0 spiro atoms. The Labute approximate surface area is 174 Å². The normalized spacial score (nSPS) is 10.9. The molecule has 0 atom stereocenters. The van der Waals surface area contributed by atoms with Gasteiger partial charge in [-0.15, -0.1) is 11.3 Å². The summed E-state index contributed by atoms with van der Waals surface area (Å²) < 4.78 is 2.12. The molecule has 5 nitrogen and oxygen atoms in total. The van der Waals surface area contributed by atoms with Crippen molar-refractivity contribution in [1.29, 1.82) is 0 Å². The Morgan fingerprint density at radius 3 is 2.66 bits per heavy atom. The Hall–Kier alpha value is -3.25. The molecule has 0 fully saturated rings. The van der Waals surface area contributed by atoms with E-state index in [0.717, 1.165) is 33.3 Å². The number of aromatic nitrogens is 3. The summed E-state index contributed by atoms with van der Waals surface area (Å²) in [5, 5.41) is 5.88. The first-order valence-corrected chi connectivity index (χ1v) is 10.3. The van der Waals surface area contributed by atoms with Crippen molar-refractivity contribution in [3.05, 3.63) is 87.8 Å². The van der Waals surface area contributed by atoms with Crippen LogP contribution in [-0.4, -0.2) is 20.4 Å². The molecule has 0 saturated heterocycles. The number of amides is 1. The molecular formula is C23H22N4OS. The van der Waals surface area contributed by atoms with Gasteiger partial charge in [0.15, 0.2) is 0 Å². The average Bonchev–Trinajstić information content (AvgIpc) is 3.31. The molecule has 29 heavy (non-hydrogen) atoms. The topological polar surface area (TPSA) is 59.8 Å². The van der Waals surface area contributed by atoms with Gasteiger partial charge in [-0.2, -0.15) is 0 Å². The van der Waals surface area contributed by atoms with E-state index in [1.54, 1.807) is 23.7 Å². The zero-order valence-electron chi connectivity index (χ0n) is 16.6. The Morgan fingerprint density at radius 1 is 1.10 bits per heavy atom. The van der Waals surface area contributed by atoms with Crippen molar-refractivity contribution in [2.75, 3.05) is 0 Å². The Kier molecular flexibility index (Phi) is 5.27. The summed E-state index contributed by atoms with van der Waals surface area (Å²) in [5.41, 5.74) is 6.84. The fourth-order valence-electron chi connectivity index (χ4n) is 3.46. The molecule has 6 heteroatoms. The van der Waals surface area contributed by atoms with Crippen LogP contribution in [0.2, 0.25) is 0 Å². The van der Waals surface area contributed by atoms with Crippen LogP contribution in [0.1, 0.15) is 32.3 Å². The lowest BCUT2D eigenvalue weighted by atomic mass is 10.2. The second-order valence-corrected chi connectivity index (χ2v) is 7.95. The first kappa shape index (κ1) is 19.1. The van der Waals surface area contributed by atoms with Gasteiger partial charge in [0.05, 0.1) is 17.8 Å². The lowest BCUT2D eigenvalue weighted by Crippen LogP contribution is -2.23. The third-order valence-corrected chi connectivity index (χ3v) is 5.71. The average molecular weight is 403 g/mol. The smallest absolute Gasteiger partial charge is 0.253 e. The molecule has 0 bridgehead atoms. The van der Waals surface area contributed by atoms with Crippen LogP contribution in [0.3, 0.4) is 0 Å². The lowest BCUT2D eigenvalue weighted by molar-refractivity contribution is 0.0950. The van der Waals surface area contributed by atoms with Gasteiger partial charge in [-0.1, -0.05) is 12.1 Å². The second-order valence-electron chi connectivity index (χ2n) is 7.00. The van der Waals surface area contributed by atoms with E-state index in [4.69, 9.17) is 0 Å². The zero-order chi connectivity index (χ0) is 20.4. The van der Waals surface area contributed by atoms with Gasteiger partial charge in [-0.3, -0.25) is 9.78 Å². The van der Waals surface area contributed by atoms with E-state index in [1.165, 1.54) is 5.56 Å². The van der Waals surface area contributed by atoms with Crippen LogP contribution in [-0.2, 0) is 6.54 Å².